The molecule has 132 valence electrons. The number of anilines is 1. The van der Waals surface area contributed by atoms with Gasteiger partial charge in [0.2, 0.25) is 10.0 Å². The fourth-order valence-corrected chi connectivity index (χ4v) is 2.68. The van der Waals surface area contributed by atoms with Crippen LogP contribution in [0.25, 0.3) is 0 Å². The van der Waals surface area contributed by atoms with E-state index in [-0.39, 0.29) is 22.8 Å². The van der Waals surface area contributed by atoms with Crippen LogP contribution in [0.4, 0.5) is 5.69 Å². The highest BCUT2D eigenvalue weighted by molar-refractivity contribution is 7.89. The zero-order valence-electron chi connectivity index (χ0n) is 12.9. The van der Waals surface area contributed by atoms with E-state index >= 15 is 0 Å². The number of nitrogens with one attached hydrogen (secondary N) is 1. The van der Waals surface area contributed by atoms with Crippen LogP contribution in [0.3, 0.4) is 0 Å². The van der Waals surface area contributed by atoms with Crippen molar-refractivity contribution < 1.29 is 23.4 Å². The van der Waals surface area contributed by atoms with Crippen molar-refractivity contribution in [2.24, 2.45) is 15.5 Å². The molecule has 0 unspecified atom stereocenters. The van der Waals surface area contributed by atoms with Crippen molar-refractivity contribution >= 4 is 21.7 Å². The topological polar surface area (TPSA) is 154 Å². The molecule has 0 saturated heterocycles. The zero-order valence-corrected chi connectivity index (χ0v) is 13.7. The molecule has 5 N–H and O–H groups in total. The quantitative estimate of drug-likeness (QED) is 0.431. The fraction of sp³-hybridized carbons (Fsp3) is 0.133. The molecule has 0 heterocycles. The Labute approximate surface area is 143 Å². The smallest absolute Gasteiger partial charge is 0.330 e. The molecule has 0 aliphatic heterocycles. The third-order valence-electron chi connectivity index (χ3n) is 3.21. The summed E-state index contributed by atoms with van der Waals surface area (Å²) in [5, 5.41) is 30.8. The fourth-order valence-electron chi connectivity index (χ4n) is 1.99. The molecular formula is C15H16N4O5S. The number of nitrogens with two attached hydrogens (primary N) is 1. The van der Waals surface area contributed by atoms with Crippen molar-refractivity contribution in [1.82, 2.24) is 0 Å². The van der Waals surface area contributed by atoms with Gasteiger partial charge in [-0.25, -0.2) is 18.4 Å². The summed E-state index contributed by atoms with van der Waals surface area (Å²) in [6.45, 7) is 0. The number of rotatable bonds is 7. The van der Waals surface area contributed by atoms with Gasteiger partial charge >= 0.3 is 5.97 Å². The van der Waals surface area contributed by atoms with Crippen LogP contribution in [0.1, 0.15) is 5.56 Å². The van der Waals surface area contributed by atoms with E-state index in [0.29, 0.717) is 5.56 Å². The van der Waals surface area contributed by atoms with Crippen LogP contribution in [0.15, 0.2) is 63.8 Å². The number of benzene rings is 2. The lowest BCUT2D eigenvalue weighted by Gasteiger charge is -2.08. The lowest BCUT2D eigenvalue weighted by molar-refractivity contribution is -0.138. The third-order valence-corrected chi connectivity index (χ3v) is 4.18. The molecule has 0 fully saturated rings. The summed E-state index contributed by atoms with van der Waals surface area (Å²) < 4.78 is 23.0. The van der Waals surface area contributed by atoms with Gasteiger partial charge in [0.1, 0.15) is 10.6 Å². The minimum atomic E-state index is -3.96. The van der Waals surface area contributed by atoms with Crippen molar-refractivity contribution in [3.05, 3.63) is 54.1 Å². The Bertz CT molecular complexity index is 881. The Morgan fingerprint density at radius 1 is 1.16 bits per heavy atom. The van der Waals surface area contributed by atoms with E-state index in [1.165, 1.54) is 30.3 Å². The number of sulfonamides is 1. The van der Waals surface area contributed by atoms with Crippen molar-refractivity contribution in [2.45, 2.75) is 17.4 Å². The number of aromatic hydroxyl groups is 1. The summed E-state index contributed by atoms with van der Waals surface area (Å²) in [5.41, 5.74) is 3.13. The van der Waals surface area contributed by atoms with Gasteiger partial charge in [-0.15, -0.1) is 0 Å². The number of nitrogens with zero attached hydrogens (tertiary/aromatic N) is 2. The molecule has 2 aromatic carbocycles. The first kappa shape index (κ1) is 18.4. The van der Waals surface area contributed by atoms with Crippen molar-refractivity contribution in [1.29, 1.82) is 0 Å². The summed E-state index contributed by atoms with van der Waals surface area (Å²) in [7, 11) is -3.96. The first-order valence-corrected chi connectivity index (χ1v) is 8.60. The summed E-state index contributed by atoms with van der Waals surface area (Å²) >= 11 is 0. The van der Waals surface area contributed by atoms with Crippen molar-refractivity contribution in [3.8, 4) is 5.75 Å². The standard InChI is InChI=1S/C15H16N4O5S/c16-25(23,24)14-4-2-1-3-12(14)17-19-18-13(15(21)22)9-10-5-7-11(20)8-6-10/h1-8,13,20H,9H2,(H,17,18)(H,21,22)(H2,16,23,24)/t13-/m0/s1. The molecule has 9 nitrogen and oxygen atoms in total. The lowest BCUT2D eigenvalue weighted by Crippen LogP contribution is -2.20. The Hall–Kier alpha value is -2.98. The Balaban J connectivity index is 2.13. The van der Waals surface area contributed by atoms with E-state index in [1.54, 1.807) is 18.2 Å². The molecular weight excluding hydrogens is 348 g/mol. The Morgan fingerprint density at radius 2 is 1.80 bits per heavy atom. The maximum absolute atomic E-state index is 11.5. The molecule has 0 saturated carbocycles. The number of hydrogen-bond acceptors (Lipinski definition) is 6. The van der Waals surface area contributed by atoms with Crippen LogP contribution in [0, 0.1) is 0 Å². The average molecular weight is 364 g/mol. The number of para-hydroxylation sites is 1. The number of carboxylic acid groups (broad SMARTS) is 1. The number of phenolic OH excluding ortho intramolecular Hbond substituents is 1. The van der Waals surface area contributed by atoms with Crippen LogP contribution >= 0.6 is 0 Å². The lowest BCUT2D eigenvalue weighted by atomic mass is 10.1. The van der Waals surface area contributed by atoms with Gasteiger partial charge in [-0.1, -0.05) is 29.5 Å². The predicted octanol–water partition coefficient (Wildman–Crippen LogP) is 1.51. The van der Waals surface area contributed by atoms with Gasteiger partial charge in [-0.3, -0.25) is 5.43 Å². The van der Waals surface area contributed by atoms with E-state index in [9.17, 15) is 23.4 Å². The Morgan fingerprint density at radius 3 is 2.40 bits per heavy atom. The number of primary sulfonamides is 1. The molecule has 0 bridgehead atoms. The normalized spacial score (nSPS) is 12.8. The minimum absolute atomic E-state index is 0.0532. The molecule has 0 aliphatic rings. The largest absolute Gasteiger partial charge is 0.508 e. The van der Waals surface area contributed by atoms with Gasteiger partial charge in [0.05, 0.1) is 5.69 Å². The maximum atomic E-state index is 11.5. The Kier molecular flexibility index (Phi) is 5.67. The molecule has 2 rings (SSSR count). The van der Waals surface area contributed by atoms with E-state index in [2.05, 4.69) is 15.8 Å². The highest BCUT2D eigenvalue weighted by Crippen LogP contribution is 2.19. The van der Waals surface area contributed by atoms with Crippen LogP contribution in [-0.2, 0) is 21.2 Å². The number of hydrogen-bond donors (Lipinski definition) is 4. The molecule has 0 aliphatic carbocycles. The highest BCUT2D eigenvalue weighted by atomic mass is 32.2. The monoisotopic (exact) mass is 364 g/mol. The first-order valence-electron chi connectivity index (χ1n) is 7.06. The van der Waals surface area contributed by atoms with E-state index in [0.717, 1.165) is 0 Å². The second-order valence-electron chi connectivity index (χ2n) is 5.09. The maximum Gasteiger partial charge on any atom is 0.330 e. The molecule has 0 radical (unpaired) electrons. The minimum Gasteiger partial charge on any atom is -0.508 e. The van der Waals surface area contributed by atoms with Crippen LogP contribution in [0.2, 0.25) is 0 Å². The summed E-state index contributed by atoms with van der Waals surface area (Å²) in [6, 6.07) is 10.6. The molecule has 10 heteroatoms. The second-order valence-corrected chi connectivity index (χ2v) is 6.62. The summed E-state index contributed by atoms with van der Waals surface area (Å²) in [6.07, 6.45) is 0.0532. The van der Waals surface area contributed by atoms with E-state index in [4.69, 9.17) is 5.14 Å². The predicted molar refractivity (Wildman–Crippen MR) is 89.5 cm³/mol. The van der Waals surface area contributed by atoms with Gasteiger partial charge in [-0.05, 0) is 29.8 Å². The van der Waals surface area contributed by atoms with Crippen LogP contribution in [-0.4, -0.2) is 30.6 Å². The molecule has 0 aromatic heterocycles. The van der Waals surface area contributed by atoms with Gasteiger partial charge in [-0.2, -0.15) is 5.11 Å². The number of carboxylic acids is 1. The van der Waals surface area contributed by atoms with Crippen LogP contribution in [0.5, 0.6) is 5.75 Å². The molecule has 1 atom stereocenters. The summed E-state index contributed by atoms with van der Waals surface area (Å²) in [4.78, 5) is 11.1. The van der Waals surface area contributed by atoms with Gasteiger partial charge < -0.3 is 10.2 Å². The molecule has 25 heavy (non-hydrogen) atoms. The SMILES string of the molecule is NS(=O)(=O)c1ccccc1NN=N[C@@H](Cc1ccc(O)cc1)C(=O)O. The van der Waals surface area contributed by atoms with Gasteiger partial charge in [0.25, 0.3) is 0 Å². The molecule has 0 amide bonds. The summed E-state index contributed by atoms with van der Waals surface area (Å²) in [5.74, 6) is -1.13. The molecule has 0 spiro atoms. The van der Waals surface area contributed by atoms with Gasteiger partial charge in [0.15, 0.2) is 6.04 Å². The second kappa shape index (κ2) is 7.73. The average Bonchev–Trinajstić information content (AvgIpc) is 2.55. The van der Waals surface area contributed by atoms with E-state index in [1.807, 2.05) is 0 Å². The van der Waals surface area contributed by atoms with Crippen molar-refractivity contribution in [3.63, 3.8) is 0 Å². The number of carbonyl (C=O) groups is 1. The third kappa shape index (κ3) is 5.26. The number of phenols is 1. The highest BCUT2D eigenvalue weighted by Gasteiger charge is 2.18. The van der Waals surface area contributed by atoms with Gasteiger partial charge in [0, 0.05) is 6.42 Å². The number of aliphatic carboxylic acids is 1. The molecule has 2 aromatic rings. The van der Waals surface area contributed by atoms with Crippen molar-refractivity contribution in [2.75, 3.05) is 5.43 Å². The van der Waals surface area contributed by atoms with E-state index < -0.39 is 22.0 Å². The first-order chi connectivity index (χ1) is 11.8. The zero-order chi connectivity index (χ0) is 18.4. The van der Waals surface area contributed by atoms with Crippen LogP contribution < -0.4 is 10.6 Å².